The lowest BCUT2D eigenvalue weighted by Crippen LogP contribution is -2.33. The van der Waals surface area contributed by atoms with Crippen molar-refractivity contribution in [1.82, 2.24) is 0 Å². The van der Waals surface area contributed by atoms with Crippen LogP contribution in [-0.2, 0) is 0 Å². The molecule has 0 aromatic heterocycles. The molecule has 0 unspecified atom stereocenters. The molecule has 0 aromatic carbocycles. The molecule has 0 rings (SSSR count). The van der Waals surface area contributed by atoms with Crippen molar-refractivity contribution in [2.24, 2.45) is 5.73 Å². The van der Waals surface area contributed by atoms with E-state index in [1.54, 1.807) is 0 Å². The minimum Gasteiger partial charge on any atom is -0.512 e. The van der Waals surface area contributed by atoms with Crippen LogP contribution in [0.2, 0.25) is 0 Å². The van der Waals surface area contributed by atoms with E-state index in [4.69, 9.17) is 11.8 Å². The highest BCUT2D eigenvalue weighted by atomic mass is 14.6. The summed E-state index contributed by atoms with van der Waals surface area (Å²) in [5, 5.41) is 10.8. The fourth-order valence-electron chi connectivity index (χ4n) is 0. The van der Waals surface area contributed by atoms with Crippen molar-refractivity contribution in [3.8, 4) is 0 Å². The second-order valence-corrected chi connectivity index (χ2v) is 0.192. The van der Waals surface area contributed by atoms with Gasteiger partial charge in [-0.1, -0.05) is 0 Å². The molecule has 0 fully saturated rings. The van der Waals surface area contributed by atoms with E-state index < -0.39 is 0 Å². The van der Waals surface area contributed by atoms with Gasteiger partial charge in [-0.15, -0.1) is 0 Å². The average molecular weight is 71.1 g/mol. The van der Waals surface area contributed by atoms with Crippen molar-refractivity contribution in [2.45, 2.75) is 0 Å². The third-order valence-corrected chi connectivity index (χ3v) is 0. The van der Waals surface area contributed by atoms with Gasteiger partial charge < -0.3 is 11.8 Å². The first-order valence-corrected chi connectivity index (χ1v) is 0.890. The predicted molar refractivity (Wildman–Crippen MR) is 17.1 cm³/mol. The second kappa shape index (κ2) is 7110. The van der Waals surface area contributed by atoms with Crippen LogP contribution in [0.25, 0.3) is 0 Å². The van der Waals surface area contributed by atoms with Gasteiger partial charge in [-0.05, 0) is 0 Å². The van der Waals surface area contributed by atoms with Crippen LogP contribution in [0.1, 0.15) is 0 Å². The first-order chi connectivity index (χ1) is 2.41. The molecule has 4 N–H and O–H groups in total. The summed E-state index contributed by atoms with van der Waals surface area (Å²) in [5.74, 6) is 0. The maximum atomic E-state index is 6.25. The van der Waals surface area contributed by atoms with Crippen LogP contribution in [-0.4, -0.2) is 6.34 Å². The molecule has 0 aliphatic rings. The van der Waals surface area contributed by atoms with Crippen molar-refractivity contribution in [3.63, 3.8) is 0 Å². The molecule has 0 radical (unpaired) electrons. The SMILES string of the molecule is NC=[NH2+].[C-]#N. The molecule has 0 saturated heterocycles. The Hall–Kier alpha value is -1.04. The van der Waals surface area contributed by atoms with Gasteiger partial charge in [0.2, 0.25) is 6.34 Å². The number of hydrogen-bond acceptors (Lipinski definition) is 1. The molecule has 28 valence electrons. The van der Waals surface area contributed by atoms with Crippen LogP contribution < -0.4 is 11.1 Å². The molecule has 0 atom stereocenters. The van der Waals surface area contributed by atoms with E-state index in [-0.39, 0.29) is 0 Å². The van der Waals surface area contributed by atoms with Crippen molar-refractivity contribution < 1.29 is 5.41 Å². The highest BCUT2D eigenvalue weighted by molar-refractivity contribution is 5.42. The van der Waals surface area contributed by atoms with Crippen molar-refractivity contribution in [3.05, 3.63) is 6.57 Å². The predicted octanol–water partition coefficient (Wildman–Crippen LogP) is -2.17. The Morgan fingerprint density at radius 3 is 1.80 bits per heavy atom. The Labute approximate surface area is 30.5 Å². The maximum absolute atomic E-state index is 6.25. The number of nitrogens with zero attached hydrogens (tertiary/aromatic N) is 1. The van der Waals surface area contributed by atoms with Gasteiger partial charge in [0.05, 0.1) is 0 Å². The largest absolute Gasteiger partial charge is 0.512 e. The zero-order chi connectivity index (χ0) is 4.71. The summed E-state index contributed by atoms with van der Waals surface area (Å²) >= 11 is 0. The summed E-state index contributed by atoms with van der Waals surface area (Å²) in [7, 11) is 0. The van der Waals surface area contributed by atoms with Crippen LogP contribution >= 0.6 is 0 Å². The molecule has 0 aliphatic heterocycles. The van der Waals surface area contributed by atoms with Crippen LogP contribution in [0.3, 0.4) is 0 Å². The Balaban J connectivity index is 0. The van der Waals surface area contributed by atoms with Gasteiger partial charge >= 0.3 is 0 Å². The molecule has 3 heteroatoms. The normalized spacial score (nSPS) is 2.80. The van der Waals surface area contributed by atoms with Crippen LogP contribution in [0.5, 0.6) is 0 Å². The lowest BCUT2D eigenvalue weighted by molar-refractivity contribution is -0.106. The van der Waals surface area contributed by atoms with Crippen molar-refractivity contribution in [1.29, 1.82) is 5.26 Å². The fourth-order valence-corrected chi connectivity index (χ4v) is 0. The zero-order valence-corrected chi connectivity index (χ0v) is 2.68. The molecule has 5 heavy (non-hydrogen) atoms. The van der Waals surface area contributed by atoms with Gasteiger partial charge in [0, 0.05) is 0 Å². The quantitative estimate of drug-likeness (QED) is 0.194. The monoisotopic (exact) mass is 71.0 g/mol. The molecule has 0 spiro atoms. The van der Waals surface area contributed by atoms with Gasteiger partial charge in [0.25, 0.3) is 0 Å². The fraction of sp³-hybridized carbons (Fsp3) is 0. The molecule has 0 amide bonds. The molecule has 0 bridgehead atoms. The Kier molecular flexibility index (Phi) is 12800. The molecule has 0 aliphatic carbocycles. The smallest absolute Gasteiger partial charge is 0.225 e. The number of hydrogen-bond donors (Lipinski definition) is 2. The third-order valence-electron chi connectivity index (χ3n) is 0. The second-order valence-electron chi connectivity index (χ2n) is 0.192. The third kappa shape index (κ3) is 2.52. The molecule has 3 nitrogen and oxygen atoms in total. The highest BCUT2D eigenvalue weighted by Crippen LogP contribution is 0.627. The zero-order valence-electron chi connectivity index (χ0n) is 2.68. The first-order valence-electron chi connectivity index (χ1n) is 0.890. The Morgan fingerprint density at radius 1 is 1.80 bits per heavy atom. The molecule has 0 aromatic rings. The Morgan fingerprint density at radius 2 is 1.80 bits per heavy atom. The van der Waals surface area contributed by atoms with E-state index in [1.165, 1.54) is 0 Å². The minimum absolute atomic E-state index is 1.00. The summed E-state index contributed by atoms with van der Waals surface area (Å²) in [6, 6.07) is 0. The number of rotatable bonds is 0. The van der Waals surface area contributed by atoms with Crippen LogP contribution in [0.4, 0.5) is 0 Å². The van der Waals surface area contributed by atoms with E-state index in [0.29, 0.717) is 0 Å². The lowest BCUT2D eigenvalue weighted by atomic mass is 11.4. The van der Waals surface area contributed by atoms with E-state index in [9.17, 15) is 0 Å². The summed E-state index contributed by atoms with van der Waals surface area (Å²) in [6.07, 6.45) is 1.00. The van der Waals surface area contributed by atoms with Crippen LogP contribution in [0.15, 0.2) is 0 Å². The van der Waals surface area contributed by atoms with Gasteiger partial charge in [-0.3, -0.25) is 11.1 Å². The summed E-state index contributed by atoms with van der Waals surface area (Å²) in [6.45, 7) is 4.75. The summed E-state index contributed by atoms with van der Waals surface area (Å²) in [4.78, 5) is 0. The van der Waals surface area contributed by atoms with E-state index >= 15 is 0 Å². The van der Waals surface area contributed by atoms with Gasteiger partial charge in [-0.25, -0.2) is 0 Å². The standard InChI is InChI=1S/CH4N2.CN/c2-1-3;1-2/h1H,(H3,2,3);/q;-1/p+1. The first kappa shape index (κ1) is 9.03. The number of nitrogens with two attached hydrogens (primary N) is 2. The Bertz CT molecular complexity index is 29.1. The maximum Gasteiger partial charge on any atom is 0.225 e. The highest BCUT2D eigenvalue weighted by Gasteiger charge is 1.22. The summed E-state index contributed by atoms with van der Waals surface area (Å²) < 4.78 is 0. The molecular weight excluding hydrogens is 66.0 g/mol. The van der Waals surface area contributed by atoms with Crippen molar-refractivity contribution in [2.75, 3.05) is 0 Å². The minimum atomic E-state index is 1.00. The topological polar surface area (TPSA) is 75.4 Å². The van der Waals surface area contributed by atoms with E-state index in [1.807, 2.05) is 0 Å². The van der Waals surface area contributed by atoms with E-state index in [0.717, 1.165) is 6.34 Å². The molecular formula is C2H5N3. The van der Waals surface area contributed by atoms with E-state index in [2.05, 4.69) is 11.1 Å². The van der Waals surface area contributed by atoms with Gasteiger partial charge in [-0.2, -0.15) is 0 Å². The van der Waals surface area contributed by atoms with Crippen molar-refractivity contribution >= 4 is 6.34 Å². The summed E-state index contributed by atoms with van der Waals surface area (Å²) in [5.41, 5.74) is 4.50. The average Bonchev–Trinajstić information content (AvgIpc) is 1.46. The molecule has 0 saturated carbocycles. The lowest BCUT2D eigenvalue weighted by Gasteiger charge is -1.29. The van der Waals surface area contributed by atoms with Gasteiger partial charge in [0.15, 0.2) is 0 Å². The molecule has 0 heterocycles. The van der Waals surface area contributed by atoms with Crippen LogP contribution in [0, 0.1) is 11.8 Å². The van der Waals surface area contributed by atoms with Gasteiger partial charge in [0.1, 0.15) is 0 Å².